The Hall–Kier alpha value is -1.32. The third-order valence-electron chi connectivity index (χ3n) is 3.61. The van der Waals surface area contributed by atoms with Crippen LogP contribution in [0.5, 0.6) is 0 Å². The number of hydrogen-bond acceptors (Lipinski definition) is 2. The van der Waals surface area contributed by atoms with Gasteiger partial charge < -0.3 is 0 Å². The monoisotopic (exact) mass is 281 g/mol. The Bertz CT molecular complexity index is 603. The highest BCUT2D eigenvalue weighted by atomic mass is 35.5. The summed E-state index contributed by atoms with van der Waals surface area (Å²) in [5, 5.41) is 11.1. The fraction of sp³-hybridized carbons (Fsp3) is 0.231. The van der Waals surface area contributed by atoms with E-state index in [2.05, 4.69) is 0 Å². The number of rotatable bonds is 1. The molecule has 2 atom stereocenters. The molecule has 0 radical (unpaired) electrons. The van der Waals surface area contributed by atoms with E-state index in [1.807, 2.05) is 18.2 Å². The molecule has 5 heteroatoms. The summed E-state index contributed by atoms with van der Waals surface area (Å²) in [4.78, 5) is 10.8. The van der Waals surface area contributed by atoms with Gasteiger partial charge in [-0.05, 0) is 17.6 Å². The van der Waals surface area contributed by atoms with E-state index >= 15 is 0 Å². The van der Waals surface area contributed by atoms with Gasteiger partial charge in [-0.25, -0.2) is 0 Å². The molecule has 0 amide bonds. The normalized spacial score (nSPS) is 24.0. The minimum atomic E-state index is -0.320. The fourth-order valence-corrected chi connectivity index (χ4v) is 3.27. The van der Waals surface area contributed by atoms with Gasteiger partial charge in [0.15, 0.2) is 0 Å². The van der Waals surface area contributed by atoms with Crippen LogP contribution in [0.1, 0.15) is 29.4 Å². The summed E-state index contributed by atoms with van der Waals surface area (Å²) in [7, 11) is 0. The quantitative estimate of drug-likeness (QED) is 0.434. The number of hydrogen-bond donors (Lipinski definition) is 0. The highest BCUT2D eigenvalue weighted by molar-refractivity contribution is 6.56. The van der Waals surface area contributed by atoms with E-state index in [1.165, 1.54) is 0 Å². The highest BCUT2D eigenvalue weighted by Gasteiger charge is 2.38. The third kappa shape index (κ3) is 1.58. The molecule has 1 aromatic carbocycles. The molecule has 0 saturated heterocycles. The van der Waals surface area contributed by atoms with Gasteiger partial charge >= 0.3 is 0 Å². The first-order chi connectivity index (χ1) is 8.59. The largest absolute Gasteiger partial charge is 0.273 e. The number of allylic oxidation sites excluding steroid dienone is 3. The Kier molecular flexibility index (Phi) is 2.68. The van der Waals surface area contributed by atoms with Gasteiger partial charge in [0, 0.05) is 23.5 Å². The summed E-state index contributed by atoms with van der Waals surface area (Å²) in [6.45, 7) is 0. The molecule has 92 valence electrons. The minimum absolute atomic E-state index is 0.00843. The smallest absolute Gasteiger partial charge is 0.258 e. The van der Waals surface area contributed by atoms with E-state index in [0.29, 0.717) is 6.42 Å². The molecule has 2 bridgehead atoms. The van der Waals surface area contributed by atoms with Crippen molar-refractivity contribution >= 4 is 28.9 Å². The average Bonchev–Trinajstić information content (AvgIpc) is 2.38. The molecule has 3 aliphatic carbocycles. The Morgan fingerprint density at radius 1 is 1.33 bits per heavy atom. The van der Waals surface area contributed by atoms with E-state index in [1.54, 1.807) is 12.1 Å². The first-order valence-corrected chi connectivity index (χ1v) is 6.34. The molecule has 0 spiro atoms. The van der Waals surface area contributed by atoms with E-state index in [-0.39, 0.29) is 26.9 Å². The lowest BCUT2D eigenvalue weighted by Gasteiger charge is -2.35. The second kappa shape index (κ2) is 4.11. The van der Waals surface area contributed by atoms with Gasteiger partial charge in [0.25, 0.3) is 5.69 Å². The second-order valence-electron chi connectivity index (χ2n) is 4.50. The van der Waals surface area contributed by atoms with Crippen LogP contribution < -0.4 is 0 Å². The van der Waals surface area contributed by atoms with Gasteiger partial charge in [0.05, 0.1) is 4.92 Å². The van der Waals surface area contributed by atoms with Crippen molar-refractivity contribution in [3.63, 3.8) is 0 Å². The summed E-state index contributed by atoms with van der Waals surface area (Å²) >= 11 is 11.8. The Balaban J connectivity index is 2.24. The van der Waals surface area contributed by atoms with Crippen molar-refractivity contribution in [2.45, 2.75) is 18.3 Å². The van der Waals surface area contributed by atoms with Gasteiger partial charge in [-0.1, -0.05) is 47.5 Å². The van der Waals surface area contributed by atoms with Crippen LogP contribution in [0.4, 0.5) is 5.69 Å². The SMILES string of the molecule is O=[N+]([O-])c1cccc2c1C1C=CC2C(=C(Cl)Cl)C1. The zero-order valence-corrected chi connectivity index (χ0v) is 10.8. The van der Waals surface area contributed by atoms with E-state index < -0.39 is 0 Å². The fourth-order valence-electron chi connectivity index (χ4n) is 2.88. The van der Waals surface area contributed by atoms with E-state index in [9.17, 15) is 10.1 Å². The van der Waals surface area contributed by atoms with Crippen molar-refractivity contribution in [3.05, 3.63) is 61.7 Å². The zero-order valence-electron chi connectivity index (χ0n) is 9.27. The minimum Gasteiger partial charge on any atom is -0.258 e. The van der Waals surface area contributed by atoms with Crippen molar-refractivity contribution < 1.29 is 4.92 Å². The van der Waals surface area contributed by atoms with E-state index in [4.69, 9.17) is 23.2 Å². The predicted octanol–water partition coefficient (Wildman–Crippen LogP) is 4.42. The molecule has 0 fully saturated rings. The Morgan fingerprint density at radius 3 is 2.78 bits per heavy atom. The van der Waals surface area contributed by atoms with Crippen LogP contribution in [0, 0.1) is 10.1 Å². The van der Waals surface area contributed by atoms with Crippen LogP contribution >= 0.6 is 23.2 Å². The molecule has 0 saturated carbocycles. The number of nitro groups is 1. The third-order valence-corrected chi connectivity index (χ3v) is 4.10. The van der Waals surface area contributed by atoms with Crippen LogP contribution in [-0.2, 0) is 0 Å². The molecular formula is C13H9Cl2NO2. The molecule has 18 heavy (non-hydrogen) atoms. The maximum absolute atomic E-state index is 11.1. The summed E-state index contributed by atoms with van der Waals surface area (Å²) in [6, 6.07) is 5.18. The first kappa shape index (κ1) is 11.8. The maximum atomic E-state index is 11.1. The van der Waals surface area contributed by atoms with Crippen LogP contribution in [0.15, 0.2) is 40.4 Å². The highest BCUT2D eigenvalue weighted by Crippen LogP contribution is 2.52. The number of nitrogens with zero attached hydrogens (tertiary/aromatic N) is 1. The summed E-state index contributed by atoms with van der Waals surface area (Å²) in [5.74, 6) is -0.0102. The Morgan fingerprint density at radius 2 is 2.11 bits per heavy atom. The van der Waals surface area contributed by atoms with Gasteiger partial charge in [0.2, 0.25) is 0 Å². The molecule has 2 unspecified atom stereocenters. The van der Waals surface area contributed by atoms with Crippen LogP contribution in [0.3, 0.4) is 0 Å². The van der Waals surface area contributed by atoms with Crippen molar-refractivity contribution in [2.75, 3.05) is 0 Å². The number of nitro benzene ring substituents is 1. The van der Waals surface area contributed by atoms with Gasteiger partial charge in [-0.15, -0.1) is 0 Å². The lowest BCUT2D eigenvalue weighted by atomic mass is 9.69. The van der Waals surface area contributed by atoms with Crippen LogP contribution in [0.2, 0.25) is 0 Å². The summed E-state index contributed by atoms with van der Waals surface area (Å²) < 4.78 is 0.284. The standard InChI is InChI=1S/C13H9Cl2NO2/c14-13(15)10-6-7-4-5-8(10)9-2-1-3-11(12(7)9)16(17)18/h1-5,7-8H,6H2. The van der Waals surface area contributed by atoms with E-state index in [0.717, 1.165) is 16.7 Å². The summed E-state index contributed by atoms with van der Waals surface area (Å²) in [6.07, 6.45) is 4.71. The topological polar surface area (TPSA) is 43.1 Å². The number of benzene rings is 1. The Labute approximate surface area is 114 Å². The average molecular weight is 282 g/mol. The molecule has 4 rings (SSSR count). The van der Waals surface area contributed by atoms with Crippen molar-refractivity contribution in [3.8, 4) is 0 Å². The maximum Gasteiger partial charge on any atom is 0.273 e. The van der Waals surface area contributed by atoms with Crippen LogP contribution in [0.25, 0.3) is 0 Å². The summed E-state index contributed by atoms with van der Waals surface area (Å²) in [5.41, 5.74) is 2.92. The molecule has 0 N–H and O–H groups in total. The molecule has 3 nitrogen and oxygen atoms in total. The molecule has 0 heterocycles. The number of fused-ring (bicyclic) bond motifs is 1. The molecule has 3 aliphatic rings. The lowest BCUT2D eigenvalue weighted by Crippen LogP contribution is -2.21. The van der Waals surface area contributed by atoms with Crippen molar-refractivity contribution in [1.82, 2.24) is 0 Å². The van der Waals surface area contributed by atoms with Crippen LogP contribution in [-0.4, -0.2) is 4.92 Å². The lowest BCUT2D eigenvalue weighted by molar-refractivity contribution is -0.385. The molecule has 1 aromatic rings. The van der Waals surface area contributed by atoms with Crippen molar-refractivity contribution in [2.24, 2.45) is 0 Å². The first-order valence-electron chi connectivity index (χ1n) is 5.59. The van der Waals surface area contributed by atoms with Gasteiger partial charge in [-0.2, -0.15) is 0 Å². The van der Waals surface area contributed by atoms with Crippen molar-refractivity contribution in [1.29, 1.82) is 0 Å². The van der Waals surface area contributed by atoms with Gasteiger partial charge in [-0.3, -0.25) is 10.1 Å². The number of halogens is 2. The second-order valence-corrected chi connectivity index (χ2v) is 5.45. The molecule has 0 aromatic heterocycles. The molecular weight excluding hydrogens is 273 g/mol. The molecule has 0 aliphatic heterocycles. The van der Waals surface area contributed by atoms with Gasteiger partial charge in [0.1, 0.15) is 4.49 Å². The predicted molar refractivity (Wildman–Crippen MR) is 71.1 cm³/mol. The zero-order chi connectivity index (χ0) is 12.9.